The Kier molecular flexibility index (Phi) is 6.35. The quantitative estimate of drug-likeness (QED) is 0.397. The summed E-state index contributed by atoms with van der Waals surface area (Å²) < 4.78 is 33.4. The molecule has 0 saturated carbocycles. The Balaban J connectivity index is 1.71. The van der Waals surface area contributed by atoms with E-state index >= 15 is 0 Å². The van der Waals surface area contributed by atoms with Crippen LogP contribution in [0.15, 0.2) is 99.7 Å². The van der Waals surface area contributed by atoms with Crippen molar-refractivity contribution in [3.8, 4) is 0 Å². The molecule has 0 fully saturated rings. The van der Waals surface area contributed by atoms with Crippen LogP contribution in [-0.2, 0) is 23.1 Å². The highest BCUT2D eigenvalue weighted by atomic mass is 32.2. The van der Waals surface area contributed by atoms with Gasteiger partial charge in [-0.05, 0) is 36.3 Å². The van der Waals surface area contributed by atoms with Gasteiger partial charge in [0.1, 0.15) is 5.58 Å². The molecule has 0 N–H and O–H groups in total. The van der Waals surface area contributed by atoms with Crippen LogP contribution in [-0.4, -0.2) is 12.7 Å². The molecule has 0 saturated heterocycles. The molecule has 0 amide bonds. The van der Waals surface area contributed by atoms with Gasteiger partial charge in [-0.25, -0.2) is 8.42 Å². The lowest BCUT2D eigenvalue weighted by Crippen LogP contribution is -2.30. The average Bonchev–Trinajstić information content (AvgIpc) is 2.81. The standard InChI is InChI=1S/C26H23NO4S/c1-20-12-13-25-24(16-20)26(28)23(19-31-25)18-27(17-22-10-6-3-7-11-22)32(29,30)15-14-21-8-4-2-5-9-21/h2-16,19H,17-18H2,1H3. The first kappa shape index (κ1) is 21.7. The summed E-state index contributed by atoms with van der Waals surface area (Å²) in [4.78, 5) is 13.1. The predicted molar refractivity (Wildman–Crippen MR) is 127 cm³/mol. The number of fused-ring (bicyclic) bond motifs is 1. The highest BCUT2D eigenvalue weighted by Crippen LogP contribution is 2.18. The molecule has 0 aliphatic heterocycles. The zero-order valence-electron chi connectivity index (χ0n) is 17.6. The van der Waals surface area contributed by atoms with Gasteiger partial charge in [-0.3, -0.25) is 4.79 Å². The third kappa shape index (κ3) is 5.04. The van der Waals surface area contributed by atoms with Gasteiger partial charge in [0.05, 0.1) is 17.2 Å². The molecule has 0 unspecified atom stereocenters. The summed E-state index contributed by atoms with van der Waals surface area (Å²) in [6.07, 6.45) is 2.91. The van der Waals surface area contributed by atoms with Gasteiger partial charge in [0.2, 0.25) is 10.0 Å². The largest absolute Gasteiger partial charge is 0.464 e. The summed E-state index contributed by atoms with van der Waals surface area (Å²) in [5.41, 5.74) is 3.07. The predicted octanol–water partition coefficient (Wildman–Crippen LogP) is 5.10. The first-order valence-corrected chi connectivity index (χ1v) is 11.7. The molecule has 5 nitrogen and oxygen atoms in total. The van der Waals surface area contributed by atoms with E-state index in [0.717, 1.165) is 16.7 Å². The van der Waals surface area contributed by atoms with E-state index in [0.29, 0.717) is 11.0 Å². The molecular formula is C26H23NO4S. The summed E-state index contributed by atoms with van der Waals surface area (Å²) in [7, 11) is -3.82. The first-order chi connectivity index (χ1) is 15.4. The third-order valence-electron chi connectivity index (χ3n) is 5.14. The molecule has 1 heterocycles. The molecule has 1 aromatic heterocycles. The van der Waals surface area contributed by atoms with E-state index in [2.05, 4.69) is 0 Å². The van der Waals surface area contributed by atoms with Gasteiger partial charge in [-0.2, -0.15) is 4.31 Å². The molecule has 162 valence electrons. The Bertz CT molecular complexity index is 1410. The molecule has 4 aromatic rings. The third-order valence-corrected chi connectivity index (χ3v) is 6.60. The van der Waals surface area contributed by atoms with E-state index in [9.17, 15) is 13.2 Å². The minimum Gasteiger partial charge on any atom is -0.464 e. The fourth-order valence-electron chi connectivity index (χ4n) is 3.42. The Morgan fingerprint density at radius 1 is 0.906 bits per heavy atom. The monoisotopic (exact) mass is 445 g/mol. The van der Waals surface area contributed by atoms with Gasteiger partial charge in [-0.15, -0.1) is 0 Å². The molecule has 0 aliphatic rings. The zero-order valence-corrected chi connectivity index (χ0v) is 18.5. The SMILES string of the molecule is Cc1ccc2occ(CN(Cc3ccccc3)S(=O)(=O)C=Cc3ccccc3)c(=O)c2c1. The summed E-state index contributed by atoms with van der Waals surface area (Å²) >= 11 is 0. The van der Waals surface area contributed by atoms with E-state index in [1.807, 2.05) is 73.7 Å². The number of hydrogen-bond acceptors (Lipinski definition) is 4. The molecule has 0 spiro atoms. The van der Waals surface area contributed by atoms with Crippen molar-refractivity contribution in [1.82, 2.24) is 4.31 Å². The minimum atomic E-state index is -3.82. The molecule has 0 bridgehead atoms. The van der Waals surface area contributed by atoms with E-state index < -0.39 is 10.0 Å². The van der Waals surface area contributed by atoms with E-state index in [1.54, 1.807) is 18.2 Å². The van der Waals surface area contributed by atoms with Gasteiger partial charge >= 0.3 is 0 Å². The van der Waals surface area contributed by atoms with Crippen LogP contribution in [0.2, 0.25) is 0 Å². The highest BCUT2D eigenvalue weighted by molar-refractivity contribution is 7.92. The van der Waals surface area contributed by atoms with Crippen LogP contribution in [0.5, 0.6) is 0 Å². The van der Waals surface area contributed by atoms with Crippen LogP contribution in [0.1, 0.15) is 22.3 Å². The fourth-order valence-corrected chi connectivity index (χ4v) is 4.57. The lowest BCUT2D eigenvalue weighted by atomic mass is 10.1. The second kappa shape index (κ2) is 9.34. The molecule has 0 atom stereocenters. The highest BCUT2D eigenvalue weighted by Gasteiger charge is 2.22. The van der Waals surface area contributed by atoms with E-state index in [-0.39, 0.29) is 24.1 Å². The maximum absolute atomic E-state index is 13.2. The second-order valence-corrected chi connectivity index (χ2v) is 9.42. The molecule has 6 heteroatoms. The van der Waals surface area contributed by atoms with Crippen LogP contribution in [0.25, 0.3) is 17.0 Å². The Hall–Kier alpha value is -3.48. The summed E-state index contributed by atoms with van der Waals surface area (Å²) in [6.45, 7) is 1.93. The zero-order chi connectivity index (χ0) is 22.6. The number of sulfonamides is 1. The van der Waals surface area contributed by atoms with Gasteiger partial charge in [0.25, 0.3) is 0 Å². The van der Waals surface area contributed by atoms with Crippen molar-refractivity contribution in [2.45, 2.75) is 20.0 Å². The normalized spacial score (nSPS) is 12.1. The van der Waals surface area contributed by atoms with Crippen LogP contribution in [0.4, 0.5) is 0 Å². The van der Waals surface area contributed by atoms with E-state index in [1.165, 1.54) is 16.0 Å². The topological polar surface area (TPSA) is 67.6 Å². The number of aryl methyl sites for hydroxylation is 1. The molecule has 3 aromatic carbocycles. The number of rotatable bonds is 7. The van der Waals surface area contributed by atoms with Crippen LogP contribution in [0.3, 0.4) is 0 Å². The summed E-state index contributed by atoms with van der Waals surface area (Å²) in [5, 5.41) is 1.62. The van der Waals surface area contributed by atoms with Gasteiger partial charge < -0.3 is 4.42 Å². The van der Waals surface area contributed by atoms with Crippen molar-refractivity contribution in [3.63, 3.8) is 0 Å². The molecule has 32 heavy (non-hydrogen) atoms. The fraction of sp³-hybridized carbons (Fsp3) is 0.115. The average molecular weight is 446 g/mol. The maximum Gasteiger partial charge on any atom is 0.236 e. The van der Waals surface area contributed by atoms with Crippen molar-refractivity contribution in [2.24, 2.45) is 0 Å². The maximum atomic E-state index is 13.2. The smallest absolute Gasteiger partial charge is 0.236 e. The van der Waals surface area contributed by atoms with Crippen molar-refractivity contribution in [1.29, 1.82) is 0 Å². The molecule has 0 radical (unpaired) electrons. The summed E-state index contributed by atoms with van der Waals surface area (Å²) in [6, 6.07) is 23.9. The lowest BCUT2D eigenvalue weighted by Gasteiger charge is -2.20. The van der Waals surface area contributed by atoms with Crippen LogP contribution in [0, 0.1) is 6.92 Å². The first-order valence-electron chi connectivity index (χ1n) is 10.2. The van der Waals surface area contributed by atoms with Crippen molar-refractivity contribution in [2.75, 3.05) is 0 Å². The Morgan fingerprint density at radius 2 is 1.59 bits per heavy atom. The second-order valence-electron chi connectivity index (χ2n) is 7.60. The number of hydrogen-bond donors (Lipinski definition) is 0. The van der Waals surface area contributed by atoms with Crippen LogP contribution < -0.4 is 5.43 Å². The van der Waals surface area contributed by atoms with Crippen molar-refractivity contribution >= 4 is 27.1 Å². The molecule has 4 rings (SSSR count). The number of benzene rings is 3. The lowest BCUT2D eigenvalue weighted by molar-refractivity contribution is 0.402. The molecule has 0 aliphatic carbocycles. The number of nitrogens with zero attached hydrogens (tertiary/aromatic N) is 1. The van der Waals surface area contributed by atoms with Gasteiger partial charge in [0.15, 0.2) is 5.43 Å². The summed E-state index contributed by atoms with van der Waals surface area (Å²) in [5.74, 6) is 0. The van der Waals surface area contributed by atoms with Gasteiger partial charge in [0, 0.05) is 18.5 Å². The van der Waals surface area contributed by atoms with Crippen molar-refractivity contribution in [3.05, 3.63) is 123 Å². The minimum absolute atomic E-state index is 0.0947. The van der Waals surface area contributed by atoms with E-state index in [4.69, 9.17) is 4.42 Å². The van der Waals surface area contributed by atoms with Crippen molar-refractivity contribution < 1.29 is 12.8 Å². The van der Waals surface area contributed by atoms with Crippen LogP contribution >= 0.6 is 0 Å². The van der Waals surface area contributed by atoms with Gasteiger partial charge in [-0.1, -0.05) is 72.3 Å². The Morgan fingerprint density at radius 3 is 2.31 bits per heavy atom. The molecular weight excluding hydrogens is 422 g/mol. The Labute approximate surface area is 187 Å².